The van der Waals surface area contributed by atoms with Crippen LogP contribution >= 0.6 is 0 Å². The zero-order chi connectivity index (χ0) is 26.2. The summed E-state index contributed by atoms with van der Waals surface area (Å²) in [4.78, 5) is 11.9. The van der Waals surface area contributed by atoms with Crippen LogP contribution in [0, 0.1) is 0 Å². The largest absolute Gasteiger partial charge is 0.454 e. The second-order valence-corrected chi connectivity index (χ2v) is 8.89. The lowest BCUT2D eigenvalue weighted by molar-refractivity contribution is -0.375. The summed E-state index contributed by atoms with van der Waals surface area (Å²) in [6.45, 7) is 3.18. The molecule has 0 bridgehead atoms. The van der Waals surface area contributed by atoms with E-state index in [4.69, 9.17) is 28.4 Å². The molecular weight excluding hydrogens is 480 g/mol. The van der Waals surface area contributed by atoms with Crippen molar-refractivity contribution in [2.75, 3.05) is 6.61 Å². The molecule has 3 rings (SSSR count). The zero-order valence-electron chi connectivity index (χ0n) is 19.3. The summed E-state index contributed by atoms with van der Waals surface area (Å²) in [5.41, 5.74) is 0. The first kappa shape index (κ1) is 28.5. The van der Waals surface area contributed by atoms with Gasteiger partial charge in [0.05, 0.1) is 18.8 Å². The average Bonchev–Trinajstić information content (AvgIpc) is 2.80. The second-order valence-electron chi connectivity index (χ2n) is 8.89. The van der Waals surface area contributed by atoms with E-state index in [1.54, 1.807) is 0 Å². The number of carbonyl (C=O) groups excluding carboxylic acids is 1. The first-order valence-corrected chi connectivity index (χ1v) is 11.2. The molecule has 35 heavy (non-hydrogen) atoms. The van der Waals surface area contributed by atoms with Crippen molar-refractivity contribution in [3.8, 4) is 0 Å². The van der Waals surface area contributed by atoms with Crippen LogP contribution in [0.4, 0.5) is 0 Å². The molecule has 0 aliphatic carbocycles. The summed E-state index contributed by atoms with van der Waals surface area (Å²) in [5.74, 6) is -0.849. The lowest BCUT2D eigenvalue weighted by atomic mass is 9.96. The molecular formula is C20H34O15. The minimum atomic E-state index is -1.81. The van der Waals surface area contributed by atoms with Gasteiger partial charge in [0, 0.05) is 6.92 Å². The van der Waals surface area contributed by atoms with Gasteiger partial charge in [-0.3, -0.25) is 4.79 Å². The predicted octanol–water partition coefficient (Wildman–Crippen LogP) is -4.95. The van der Waals surface area contributed by atoms with Gasteiger partial charge < -0.3 is 69.3 Å². The topological polar surface area (TPSA) is 234 Å². The zero-order valence-corrected chi connectivity index (χ0v) is 19.3. The third-order valence-corrected chi connectivity index (χ3v) is 6.29. The molecule has 0 aromatic rings. The number of hydrogen-bond acceptors (Lipinski definition) is 15. The average molecular weight is 514 g/mol. The molecule has 0 radical (unpaired) electrons. The molecule has 0 aromatic heterocycles. The van der Waals surface area contributed by atoms with Gasteiger partial charge in [-0.1, -0.05) is 0 Å². The third-order valence-electron chi connectivity index (χ3n) is 6.29. The summed E-state index contributed by atoms with van der Waals surface area (Å²) in [6, 6.07) is 0. The van der Waals surface area contributed by atoms with Crippen LogP contribution in [0.5, 0.6) is 0 Å². The molecule has 3 fully saturated rings. The molecule has 3 aliphatic heterocycles. The van der Waals surface area contributed by atoms with Gasteiger partial charge in [0.1, 0.15) is 54.9 Å². The maximum Gasteiger partial charge on any atom is 0.303 e. The van der Waals surface area contributed by atoms with Crippen molar-refractivity contribution in [2.24, 2.45) is 0 Å². The van der Waals surface area contributed by atoms with E-state index in [9.17, 15) is 45.6 Å². The highest BCUT2D eigenvalue weighted by Crippen LogP contribution is 2.33. The van der Waals surface area contributed by atoms with E-state index in [1.165, 1.54) is 13.8 Å². The van der Waals surface area contributed by atoms with E-state index in [-0.39, 0.29) is 0 Å². The van der Waals surface area contributed by atoms with Crippen molar-refractivity contribution in [1.82, 2.24) is 0 Å². The number of esters is 1. The Bertz CT molecular complexity index is 694. The van der Waals surface area contributed by atoms with E-state index in [0.717, 1.165) is 6.92 Å². The van der Waals surface area contributed by atoms with Crippen LogP contribution in [0.2, 0.25) is 0 Å². The SMILES string of the molecule is CC(=O)O[C@@H]1[C@@H](O[C@@H]2[C@H](O)[C@H](C)OC(O)[C@H]2O)O[C@H](C)[C@H](O)[C@@H]1O[C@@H]1O[C@H](CO)[C@@H](O)[C@H](O)[C@H]1O. The molecule has 3 aliphatic rings. The number of carbonyl (C=O) groups is 1. The fourth-order valence-electron chi connectivity index (χ4n) is 4.23. The molecule has 0 aromatic carbocycles. The molecule has 3 heterocycles. The molecule has 8 N–H and O–H groups in total. The highest BCUT2D eigenvalue weighted by Gasteiger charge is 2.54. The summed E-state index contributed by atoms with van der Waals surface area (Å²) < 4.78 is 32.5. The lowest BCUT2D eigenvalue weighted by Crippen LogP contribution is -2.66. The van der Waals surface area contributed by atoms with Gasteiger partial charge in [-0.25, -0.2) is 0 Å². The number of rotatable bonds is 6. The van der Waals surface area contributed by atoms with E-state index >= 15 is 0 Å². The van der Waals surface area contributed by atoms with E-state index in [0.29, 0.717) is 0 Å². The quantitative estimate of drug-likeness (QED) is 0.155. The molecule has 204 valence electrons. The Kier molecular flexibility index (Phi) is 9.42. The van der Waals surface area contributed by atoms with Crippen LogP contribution in [0.15, 0.2) is 0 Å². The Balaban J connectivity index is 1.86. The number of aliphatic hydroxyl groups excluding tert-OH is 8. The van der Waals surface area contributed by atoms with Crippen LogP contribution in [-0.4, -0.2) is 146 Å². The van der Waals surface area contributed by atoms with E-state index < -0.39 is 105 Å². The molecule has 0 saturated carbocycles. The maximum absolute atomic E-state index is 11.9. The Morgan fingerprint density at radius 1 is 0.686 bits per heavy atom. The van der Waals surface area contributed by atoms with Crippen molar-refractivity contribution in [3.05, 3.63) is 0 Å². The Morgan fingerprint density at radius 2 is 1.26 bits per heavy atom. The van der Waals surface area contributed by atoms with Crippen molar-refractivity contribution < 1.29 is 74.1 Å². The number of aliphatic hydroxyl groups is 8. The van der Waals surface area contributed by atoms with Gasteiger partial charge in [0.2, 0.25) is 0 Å². The highest BCUT2D eigenvalue weighted by atomic mass is 16.8. The Hall–Kier alpha value is -1.05. The van der Waals surface area contributed by atoms with Gasteiger partial charge >= 0.3 is 5.97 Å². The van der Waals surface area contributed by atoms with Crippen LogP contribution in [0.25, 0.3) is 0 Å². The predicted molar refractivity (Wildman–Crippen MR) is 108 cm³/mol. The molecule has 1 unspecified atom stereocenters. The Labute approximate surface area is 200 Å². The fourth-order valence-corrected chi connectivity index (χ4v) is 4.23. The number of hydrogen-bond donors (Lipinski definition) is 8. The van der Waals surface area contributed by atoms with Crippen molar-refractivity contribution in [1.29, 1.82) is 0 Å². The van der Waals surface area contributed by atoms with Crippen LogP contribution < -0.4 is 0 Å². The van der Waals surface area contributed by atoms with Crippen LogP contribution in [-0.2, 0) is 33.2 Å². The molecule has 15 heteroatoms. The third kappa shape index (κ3) is 5.93. The van der Waals surface area contributed by atoms with E-state index in [1.807, 2.05) is 0 Å². The minimum Gasteiger partial charge on any atom is -0.454 e. The Morgan fingerprint density at radius 3 is 1.86 bits per heavy atom. The van der Waals surface area contributed by atoms with Crippen molar-refractivity contribution >= 4 is 5.97 Å². The van der Waals surface area contributed by atoms with Gasteiger partial charge in [0.15, 0.2) is 25.0 Å². The maximum atomic E-state index is 11.9. The van der Waals surface area contributed by atoms with Gasteiger partial charge in [-0.05, 0) is 13.8 Å². The summed E-state index contributed by atoms with van der Waals surface area (Å²) in [7, 11) is 0. The van der Waals surface area contributed by atoms with Crippen molar-refractivity contribution in [3.63, 3.8) is 0 Å². The number of ether oxygens (including phenoxy) is 6. The monoisotopic (exact) mass is 514 g/mol. The van der Waals surface area contributed by atoms with Gasteiger partial charge in [0.25, 0.3) is 0 Å². The lowest BCUT2D eigenvalue weighted by Gasteiger charge is -2.48. The van der Waals surface area contributed by atoms with Crippen molar-refractivity contribution in [2.45, 2.75) is 113 Å². The molecule has 15 atom stereocenters. The van der Waals surface area contributed by atoms with Crippen LogP contribution in [0.3, 0.4) is 0 Å². The summed E-state index contributed by atoms with van der Waals surface area (Å²) in [5, 5.41) is 81.1. The first-order chi connectivity index (χ1) is 16.4. The summed E-state index contributed by atoms with van der Waals surface area (Å²) >= 11 is 0. The normalized spacial score (nSPS) is 51.1. The van der Waals surface area contributed by atoms with Crippen LogP contribution in [0.1, 0.15) is 20.8 Å². The highest BCUT2D eigenvalue weighted by molar-refractivity contribution is 5.66. The smallest absolute Gasteiger partial charge is 0.303 e. The minimum absolute atomic E-state index is 0.726. The second kappa shape index (κ2) is 11.6. The van der Waals surface area contributed by atoms with E-state index in [2.05, 4.69) is 0 Å². The molecule has 3 saturated heterocycles. The standard InChI is InChI=1S/C20H34O15/c1-5-9(23)15(14(28)18(29)30-5)34-20-17(32-7(3)22)16(10(24)6(2)31-20)35-19-13(27)12(26)11(25)8(4-21)33-19/h5-6,8-21,23-29H,4H2,1-3H3/t5-,6+,8+,9+,10-,11+,12-,13+,14-,15+,16-,17-,18?,19-,20+/m0/s1. The molecule has 0 spiro atoms. The van der Waals surface area contributed by atoms with Gasteiger partial charge in [-0.2, -0.15) is 0 Å². The fraction of sp³-hybridized carbons (Fsp3) is 0.950. The molecule has 0 amide bonds. The van der Waals surface area contributed by atoms with Gasteiger partial charge in [-0.15, -0.1) is 0 Å². The first-order valence-electron chi connectivity index (χ1n) is 11.2. The summed E-state index contributed by atoms with van der Waals surface area (Å²) in [6.07, 6.45) is -22.6. The molecule has 15 nitrogen and oxygen atoms in total.